The van der Waals surface area contributed by atoms with Crippen molar-refractivity contribution < 1.29 is 15.3 Å². The summed E-state index contributed by atoms with van der Waals surface area (Å²) >= 11 is 3.36. The number of fused-ring (bicyclic) bond motifs is 2. The van der Waals surface area contributed by atoms with Gasteiger partial charge in [-0.1, -0.05) is 15.9 Å². The number of aliphatic hydroxyl groups is 2. The van der Waals surface area contributed by atoms with Crippen LogP contribution >= 0.6 is 15.9 Å². The molecule has 1 atom stereocenters. The molecule has 1 aromatic carbocycles. The Hall–Kier alpha value is -3.29. The van der Waals surface area contributed by atoms with Crippen molar-refractivity contribution in [1.82, 2.24) is 24.1 Å². The highest BCUT2D eigenvalue weighted by Crippen LogP contribution is 2.37. The van der Waals surface area contributed by atoms with Crippen LogP contribution in [0.25, 0.3) is 22.1 Å². The van der Waals surface area contributed by atoms with Gasteiger partial charge in [-0.25, -0.2) is 4.79 Å². The van der Waals surface area contributed by atoms with E-state index in [0.717, 1.165) is 9.04 Å². The van der Waals surface area contributed by atoms with E-state index < -0.39 is 24.0 Å². The molecule has 0 unspecified atom stereocenters. The third kappa shape index (κ3) is 3.32. The number of azo groups is 1. The standard InChI is InChI=1S/C17H16BrN7O5/c1-24-13-12(15(29)21-17(24)30)25(5-8(27)6-26)16(20-13)23-22-11-9-4-7(18)2-3-10(9)19-14(11)28/h2-4,8,19,26-28H,5-6H2,1H3,(H,21,29,30)/t8-/m0/s1. The fourth-order valence-corrected chi connectivity index (χ4v) is 3.43. The van der Waals surface area contributed by atoms with Crippen LogP contribution in [-0.2, 0) is 13.6 Å². The topological polar surface area (TPSA) is 174 Å². The van der Waals surface area contributed by atoms with E-state index >= 15 is 0 Å². The molecule has 4 rings (SSSR count). The van der Waals surface area contributed by atoms with Gasteiger partial charge in [-0.15, -0.1) is 10.2 Å². The molecule has 0 saturated heterocycles. The number of aromatic hydroxyl groups is 1. The number of hydrogen-bond donors (Lipinski definition) is 5. The second-order valence-corrected chi connectivity index (χ2v) is 7.48. The first-order valence-electron chi connectivity index (χ1n) is 8.70. The van der Waals surface area contributed by atoms with Gasteiger partial charge in [-0.3, -0.25) is 18.9 Å². The van der Waals surface area contributed by atoms with Gasteiger partial charge in [-0.05, 0) is 18.2 Å². The number of halogens is 1. The number of imidazole rings is 1. The van der Waals surface area contributed by atoms with Crippen LogP contribution in [0.1, 0.15) is 0 Å². The van der Waals surface area contributed by atoms with E-state index in [1.165, 1.54) is 11.6 Å². The van der Waals surface area contributed by atoms with Crippen molar-refractivity contribution in [3.8, 4) is 5.88 Å². The Balaban J connectivity index is 1.92. The van der Waals surface area contributed by atoms with E-state index in [2.05, 4.69) is 41.1 Å². The van der Waals surface area contributed by atoms with Crippen molar-refractivity contribution in [2.75, 3.05) is 6.61 Å². The van der Waals surface area contributed by atoms with Gasteiger partial charge in [0.2, 0.25) is 5.88 Å². The number of aryl methyl sites for hydroxylation is 1. The van der Waals surface area contributed by atoms with Gasteiger partial charge in [0.15, 0.2) is 16.9 Å². The Bertz CT molecular complexity index is 1410. The molecule has 0 saturated carbocycles. The maximum absolute atomic E-state index is 12.4. The zero-order valence-electron chi connectivity index (χ0n) is 15.5. The molecule has 5 N–H and O–H groups in total. The van der Waals surface area contributed by atoms with Crippen LogP contribution in [0.15, 0.2) is 42.5 Å². The molecule has 156 valence electrons. The third-order valence-electron chi connectivity index (χ3n) is 4.54. The minimum atomic E-state index is -1.20. The van der Waals surface area contributed by atoms with E-state index in [1.807, 2.05) is 0 Å². The molecule has 0 spiro atoms. The highest BCUT2D eigenvalue weighted by atomic mass is 79.9. The summed E-state index contributed by atoms with van der Waals surface area (Å²) in [6, 6.07) is 5.29. The van der Waals surface area contributed by atoms with Crippen molar-refractivity contribution in [3.05, 3.63) is 43.5 Å². The quantitative estimate of drug-likeness (QED) is 0.269. The molecular weight excluding hydrogens is 462 g/mol. The Morgan fingerprint density at radius 2 is 2.03 bits per heavy atom. The van der Waals surface area contributed by atoms with Crippen LogP contribution in [0.5, 0.6) is 5.88 Å². The summed E-state index contributed by atoms with van der Waals surface area (Å²) in [5.41, 5.74) is -0.574. The van der Waals surface area contributed by atoms with E-state index in [4.69, 9.17) is 0 Å². The van der Waals surface area contributed by atoms with Gasteiger partial charge in [0.1, 0.15) is 0 Å². The predicted molar refractivity (Wildman–Crippen MR) is 111 cm³/mol. The molecule has 3 heterocycles. The lowest BCUT2D eigenvalue weighted by Crippen LogP contribution is -2.30. The lowest BCUT2D eigenvalue weighted by molar-refractivity contribution is 0.0824. The average Bonchev–Trinajstić information content (AvgIpc) is 3.21. The fourth-order valence-electron chi connectivity index (χ4n) is 3.07. The minimum absolute atomic E-state index is 0.00977. The summed E-state index contributed by atoms with van der Waals surface area (Å²) in [5.74, 6) is -0.303. The van der Waals surface area contributed by atoms with Crippen molar-refractivity contribution in [2.24, 2.45) is 17.3 Å². The molecule has 0 radical (unpaired) electrons. The third-order valence-corrected chi connectivity index (χ3v) is 5.04. The number of benzene rings is 1. The largest absolute Gasteiger partial charge is 0.493 e. The van der Waals surface area contributed by atoms with Gasteiger partial charge >= 0.3 is 5.69 Å². The minimum Gasteiger partial charge on any atom is -0.493 e. The van der Waals surface area contributed by atoms with Crippen LogP contribution in [0.2, 0.25) is 0 Å². The SMILES string of the molecule is Cn1c(=O)[nH]c(=O)c2c1nc(N=Nc1c(O)[nH]c3ccc(Br)cc13)n2C[C@H](O)CO. The van der Waals surface area contributed by atoms with E-state index in [1.54, 1.807) is 18.2 Å². The molecule has 0 bridgehead atoms. The van der Waals surface area contributed by atoms with Gasteiger partial charge in [0, 0.05) is 16.9 Å². The highest BCUT2D eigenvalue weighted by molar-refractivity contribution is 9.10. The van der Waals surface area contributed by atoms with Crippen molar-refractivity contribution in [2.45, 2.75) is 12.6 Å². The van der Waals surface area contributed by atoms with Gasteiger partial charge in [0.25, 0.3) is 11.5 Å². The Morgan fingerprint density at radius 3 is 2.77 bits per heavy atom. The van der Waals surface area contributed by atoms with Crippen LogP contribution in [0.3, 0.4) is 0 Å². The van der Waals surface area contributed by atoms with Gasteiger partial charge in [0.05, 0.1) is 24.8 Å². The second kappa shape index (κ2) is 7.51. The Kier molecular flexibility index (Phi) is 5.01. The summed E-state index contributed by atoms with van der Waals surface area (Å²) in [6.07, 6.45) is -1.20. The highest BCUT2D eigenvalue weighted by Gasteiger charge is 2.20. The number of hydrogen-bond acceptors (Lipinski definition) is 8. The molecule has 0 aliphatic carbocycles. The lowest BCUT2D eigenvalue weighted by Gasteiger charge is -2.09. The molecule has 0 fully saturated rings. The number of nitrogens with one attached hydrogen (secondary N) is 2. The molecule has 0 aliphatic rings. The fraction of sp³-hybridized carbons (Fsp3) is 0.235. The average molecular weight is 478 g/mol. The summed E-state index contributed by atoms with van der Waals surface area (Å²) in [7, 11) is 1.42. The number of rotatable bonds is 5. The van der Waals surface area contributed by atoms with E-state index in [0.29, 0.717) is 10.9 Å². The number of aromatic amines is 2. The van der Waals surface area contributed by atoms with Crippen LogP contribution in [-0.4, -0.2) is 52.1 Å². The predicted octanol–water partition coefficient (Wildman–Crippen LogP) is 1.14. The smallest absolute Gasteiger partial charge is 0.329 e. The van der Waals surface area contributed by atoms with E-state index in [9.17, 15) is 24.9 Å². The van der Waals surface area contributed by atoms with Crippen LogP contribution in [0, 0.1) is 0 Å². The first-order chi connectivity index (χ1) is 14.3. The number of aliphatic hydroxyl groups excluding tert-OH is 2. The summed E-state index contributed by atoms with van der Waals surface area (Å²) in [6.45, 7) is -0.773. The number of nitrogens with zero attached hydrogens (tertiary/aromatic N) is 5. The van der Waals surface area contributed by atoms with Crippen molar-refractivity contribution in [3.63, 3.8) is 0 Å². The first-order valence-corrected chi connectivity index (χ1v) is 9.50. The normalized spacial score (nSPS) is 13.1. The maximum atomic E-state index is 12.4. The van der Waals surface area contributed by atoms with Gasteiger partial charge < -0.3 is 20.3 Å². The summed E-state index contributed by atoms with van der Waals surface area (Å²) in [4.78, 5) is 33.4. The van der Waals surface area contributed by atoms with E-state index in [-0.39, 0.29) is 35.2 Å². The number of aromatic nitrogens is 5. The summed E-state index contributed by atoms with van der Waals surface area (Å²) in [5, 5.41) is 38.0. The monoisotopic (exact) mass is 477 g/mol. The zero-order valence-corrected chi connectivity index (χ0v) is 17.1. The molecule has 0 amide bonds. The van der Waals surface area contributed by atoms with Crippen molar-refractivity contribution in [1.29, 1.82) is 0 Å². The Morgan fingerprint density at radius 1 is 1.27 bits per heavy atom. The molecule has 13 heteroatoms. The maximum Gasteiger partial charge on any atom is 0.329 e. The molecule has 30 heavy (non-hydrogen) atoms. The van der Waals surface area contributed by atoms with Crippen LogP contribution in [0.4, 0.5) is 11.6 Å². The molecule has 0 aliphatic heterocycles. The van der Waals surface area contributed by atoms with Gasteiger partial charge in [-0.2, -0.15) is 4.98 Å². The molecule has 12 nitrogen and oxygen atoms in total. The first kappa shape index (κ1) is 20.0. The molecular formula is C17H16BrN7O5. The lowest BCUT2D eigenvalue weighted by atomic mass is 10.2. The summed E-state index contributed by atoms with van der Waals surface area (Å²) < 4.78 is 3.14. The second-order valence-electron chi connectivity index (χ2n) is 6.56. The Labute approximate surface area is 175 Å². The molecule has 4 aromatic rings. The zero-order chi connectivity index (χ0) is 21.6. The molecule has 3 aromatic heterocycles. The number of H-pyrrole nitrogens is 2. The van der Waals surface area contributed by atoms with Crippen LogP contribution < -0.4 is 11.2 Å². The van der Waals surface area contributed by atoms with Crippen molar-refractivity contribution >= 4 is 49.6 Å².